The SMILES string of the molecule is COc1cc(NC(=S)NC(=O)C=Cc2ccc(-c3ccc(Cl)cc3)o2)ccc1NC(=O)C(C)C. The summed E-state index contributed by atoms with van der Waals surface area (Å²) in [5, 5.41) is 9.04. The number of benzene rings is 2. The third-order valence-corrected chi connectivity index (χ3v) is 5.09. The number of nitrogens with one attached hydrogen (secondary N) is 3. The Kier molecular flexibility index (Phi) is 8.45. The summed E-state index contributed by atoms with van der Waals surface area (Å²) < 4.78 is 11.1. The van der Waals surface area contributed by atoms with E-state index in [1.807, 2.05) is 18.2 Å². The molecule has 2 aromatic carbocycles. The minimum Gasteiger partial charge on any atom is -0.494 e. The van der Waals surface area contributed by atoms with Crippen molar-refractivity contribution >= 4 is 58.2 Å². The van der Waals surface area contributed by atoms with E-state index in [4.69, 9.17) is 33.0 Å². The monoisotopic (exact) mass is 497 g/mol. The standard InChI is InChI=1S/C25H24ClN3O4S/c1-15(2)24(31)28-20-11-8-18(14-22(20)32-3)27-25(34)29-23(30)13-10-19-9-12-21(33-19)16-4-6-17(26)7-5-16/h4-15H,1-3H3,(H,28,31)(H2,27,29,30,34). The van der Waals surface area contributed by atoms with Crippen LogP contribution in [0.5, 0.6) is 5.75 Å². The number of amides is 2. The predicted octanol–water partition coefficient (Wildman–Crippen LogP) is 5.73. The zero-order valence-electron chi connectivity index (χ0n) is 18.8. The lowest BCUT2D eigenvalue weighted by Gasteiger charge is -2.14. The molecule has 176 valence electrons. The number of halogens is 1. The van der Waals surface area contributed by atoms with Gasteiger partial charge in [-0.3, -0.25) is 14.9 Å². The molecule has 7 nitrogen and oxygen atoms in total. The summed E-state index contributed by atoms with van der Waals surface area (Å²) in [5.74, 6) is 0.935. The minimum atomic E-state index is -0.422. The second-order valence-corrected chi connectivity index (χ2v) is 8.39. The summed E-state index contributed by atoms with van der Waals surface area (Å²) in [6, 6.07) is 15.9. The lowest BCUT2D eigenvalue weighted by molar-refractivity contribution is -0.119. The Bertz CT molecular complexity index is 1220. The van der Waals surface area contributed by atoms with Crippen molar-refractivity contribution in [1.82, 2.24) is 5.32 Å². The van der Waals surface area contributed by atoms with Crippen LogP contribution >= 0.6 is 23.8 Å². The number of ether oxygens (including phenoxy) is 1. The fourth-order valence-corrected chi connectivity index (χ4v) is 3.18. The van der Waals surface area contributed by atoms with Crippen LogP contribution in [0.25, 0.3) is 17.4 Å². The molecule has 0 spiro atoms. The molecule has 0 saturated heterocycles. The van der Waals surface area contributed by atoms with Crippen molar-refractivity contribution in [3.05, 3.63) is 71.5 Å². The molecule has 2 amide bonds. The lowest BCUT2D eigenvalue weighted by atomic mass is 10.2. The number of rotatable bonds is 7. The quantitative estimate of drug-likeness (QED) is 0.285. The van der Waals surface area contributed by atoms with Gasteiger partial charge in [0.25, 0.3) is 0 Å². The third-order valence-electron chi connectivity index (χ3n) is 4.63. The highest BCUT2D eigenvalue weighted by Crippen LogP contribution is 2.28. The van der Waals surface area contributed by atoms with Crippen molar-refractivity contribution < 1.29 is 18.7 Å². The fourth-order valence-electron chi connectivity index (χ4n) is 2.83. The molecule has 0 unspecified atom stereocenters. The largest absolute Gasteiger partial charge is 0.494 e. The average Bonchev–Trinajstić information content (AvgIpc) is 3.28. The van der Waals surface area contributed by atoms with Crippen LogP contribution in [0.1, 0.15) is 19.6 Å². The molecule has 3 rings (SSSR count). The molecule has 0 aliphatic heterocycles. The molecule has 0 aliphatic carbocycles. The summed E-state index contributed by atoms with van der Waals surface area (Å²) in [5.41, 5.74) is 2.01. The number of methoxy groups -OCH3 is 1. The highest BCUT2D eigenvalue weighted by atomic mass is 35.5. The Balaban J connectivity index is 1.56. The van der Waals surface area contributed by atoms with Gasteiger partial charge in [0.15, 0.2) is 5.11 Å². The number of carbonyl (C=O) groups is 2. The van der Waals surface area contributed by atoms with Crippen LogP contribution in [0.2, 0.25) is 5.02 Å². The Morgan fingerprint density at radius 3 is 2.47 bits per heavy atom. The fraction of sp³-hybridized carbons (Fsp3) is 0.160. The number of carbonyl (C=O) groups excluding carboxylic acids is 2. The molecule has 0 radical (unpaired) electrons. The molecule has 0 aliphatic rings. The number of hydrogen-bond acceptors (Lipinski definition) is 5. The maximum absolute atomic E-state index is 12.2. The van der Waals surface area contributed by atoms with E-state index in [1.165, 1.54) is 13.2 Å². The molecule has 1 aromatic heterocycles. The van der Waals surface area contributed by atoms with Crippen molar-refractivity contribution in [3.63, 3.8) is 0 Å². The van der Waals surface area contributed by atoms with Gasteiger partial charge in [-0.15, -0.1) is 0 Å². The Morgan fingerprint density at radius 2 is 1.79 bits per heavy atom. The summed E-state index contributed by atoms with van der Waals surface area (Å²) in [6.45, 7) is 3.61. The molecule has 1 heterocycles. The summed E-state index contributed by atoms with van der Waals surface area (Å²) in [4.78, 5) is 24.2. The van der Waals surface area contributed by atoms with Gasteiger partial charge in [-0.2, -0.15) is 0 Å². The predicted molar refractivity (Wildman–Crippen MR) is 139 cm³/mol. The number of furan rings is 1. The van der Waals surface area contributed by atoms with Gasteiger partial charge in [0.2, 0.25) is 11.8 Å². The van der Waals surface area contributed by atoms with Gasteiger partial charge in [0.05, 0.1) is 12.8 Å². The van der Waals surface area contributed by atoms with Crippen LogP contribution in [-0.2, 0) is 9.59 Å². The van der Waals surface area contributed by atoms with Crippen molar-refractivity contribution in [2.24, 2.45) is 5.92 Å². The third kappa shape index (κ3) is 6.94. The van der Waals surface area contributed by atoms with Crippen molar-refractivity contribution in [2.75, 3.05) is 17.7 Å². The smallest absolute Gasteiger partial charge is 0.250 e. The maximum atomic E-state index is 12.2. The van der Waals surface area contributed by atoms with E-state index in [2.05, 4.69) is 16.0 Å². The van der Waals surface area contributed by atoms with Crippen LogP contribution < -0.4 is 20.7 Å². The van der Waals surface area contributed by atoms with Crippen LogP contribution in [0.3, 0.4) is 0 Å². The average molecular weight is 498 g/mol. The number of hydrogen-bond donors (Lipinski definition) is 3. The topological polar surface area (TPSA) is 92.6 Å². The van der Waals surface area contributed by atoms with Crippen LogP contribution in [0.15, 0.2) is 65.1 Å². The van der Waals surface area contributed by atoms with Crippen molar-refractivity contribution in [3.8, 4) is 17.1 Å². The molecule has 34 heavy (non-hydrogen) atoms. The molecule has 3 aromatic rings. The highest BCUT2D eigenvalue weighted by molar-refractivity contribution is 7.80. The Hall–Kier alpha value is -3.62. The molecule has 9 heteroatoms. The number of anilines is 2. The van der Waals surface area contributed by atoms with Gasteiger partial charge in [-0.05, 0) is 66.8 Å². The lowest BCUT2D eigenvalue weighted by Crippen LogP contribution is -2.32. The van der Waals surface area contributed by atoms with E-state index in [0.717, 1.165) is 5.56 Å². The zero-order chi connectivity index (χ0) is 24.7. The van der Waals surface area contributed by atoms with Gasteiger partial charge in [0.1, 0.15) is 17.3 Å². The number of thiocarbonyl (C=S) groups is 1. The van der Waals surface area contributed by atoms with Crippen LogP contribution in [-0.4, -0.2) is 24.0 Å². The zero-order valence-corrected chi connectivity index (χ0v) is 20.4. The molecule has 0 saturated carbocycles. The Morgan fingerprint density at radius 1 is 1.06 bits per heavy atom. The van der Waals surface area contributed by atoms with Gasteiger partial charge in [0, 0.05) is 34.3 Å². The molecular formula is C25H24ClN3O4S. The van der Waals surface area contributed by atoms with Gasteiger partial charge in [-0.25, -0.2) is 0 Å². The summed E-state index contributed by atoms with van der Waals surface area (Å²) in [7, 11) is 1.50. The van der Waals surface area contributed by atoms with Gasteiger partial charge in [-0.1, -0.05) is 25.4 Å². The first-order valence-electron chi connectivity index (χ1n) is 10.4. The first-order chi connectivity index (χ1) is 16.2. The van der Waals surface area contributed by atoms with E-state index >= 15 is 0 Å². The van der Waals surface area contributed by atoms with Crippen molar-refractivity contribution in [1.29, 1.82) is 0 Å². The molecular weight excluding hydrogens is 474 g/mol. The Labute approximate surface area is 208 Å². The van der Waals surface area contributed by atoms with Gasteiger partial charge >= 0.3 is 0 Å². The highest BCUT2D eigenvalue weighted by Gasteiger charge is 2.12. The minimum absolute atomic E-state index is 0.108. The van der Waals surface area contributed by atoms with E-state index < -0.39 is 5.91 Å². The maximum Gasteiger partial charge on any atom is 0.250 e. The van der Waals surface area contributed by atoms with E-state index in [-0.39, 0.29) is 16.9 Å². The van der Waals surface area contributed by atoms with Crippen LogP contribution in [0, 0.1) is 5.92 Å². The normalized spacial score (nSPS) is 10.9. The van der Waals surface area contributed by atoms with Crippen molar-refractivity contribution in [2.45, 2.75) is 13.8 Å². The molecule has 0 bridgehead atoms. The summed E-state index contributed by atoms with van der Waals surface area (Å²) >= 11 is 11.1. The first kappa shape index (κ1) is 25.0. The van der Waals surface area contributed by atoms with E-state index in [9.17, 15) is 9.59 Å². The second kappa shape index (κ2) is 11.5. The summed E-state index contributed by atoms with van der Waals surface area (Å²) in [6.07, 6.45) is 2.87. The molecule has 3 N–H and O–H groups in total. The molecule has 0 fully saturated rings. The van der Waals surface area contributed by atoms with Crippen LogP contribution in [0.4, 0.5) is 11.4 Å². The first-order valence-corrected chi connectivity index (χ1v) is 11.2. The van der Waals surface area contributed by atoms with E-state index in [0.29, 0.717) is 33.7 Å². The molecule has 0 atom stereocenters. The van der Waals surface area contributed by atoms with Gasteiger partial charge < -0.3 is 19.8 Å². The second-order valence-electron chi connectivity index (χ2n) is 7.54. The van der Waals surface area contributed by atoms with E-state index in [1.54, 1.807) is 56.3 Å².